The molecule has 0 aliphatic heterocycles. The van der Waals surface area contributed by atoms with Crippen LogP contribution < -0.4 is 5.32 Å². The fourth-order valence-corrected chi connectivity index (χ4v) is 4.51. The Bertz CT molecular complexity index is 1090. The number of thioether (sulfide) groups is 1. The van der Waals surface area contributed by atoms with Crippen LogP contribution >= 0.6 is 11.8 Å². The molecule has 0 unspecified atom stereocenters. The Balaban J connectivity index is 1.69. The smallest absolute Gasteiger partial charge is 0.322 e. The number of carbonyl (C=O) groups excluding carboxylic acids is 1. The summed E-state index contributed by atoms with van der Waals surface area (Å²) in [5.74, 6) is 0.482. The highest BCUT2D eigenvalue weighted by molar-refractivity contribution is 8.01. The summed E-state index contributed by atoms with van der Waals surface area (Å²) in [5, 5.41) is 13.7. The van der Waals surface area contributed by atoms with Gasteiger partial charge in [0.25, 0.3) is 0 Å². The second-order valence-electron chi connectivity index (χ2n) is 6.86. The second kappa shape index (κ2) is 8.10. The van der Waals surface area contributed by atoms with Gasteiger partial charge in [-0.25, -0.2) is 9.97 Å². The van der Waals surface area contributed by atoms with Crippen LogP contribution in [0.4, 0.5) is 11.5 Å². The molecule has 146 valence electrons. The molecule has 1 saturated carbocycles. The molecule has 2 aromatic carbocycles. The maximum Gasteiger partial charge on any atom is 0.322 e. The van der Waals surface area contributed by atoms with Gasteiger partial charge in [0.05, 0.1) is 23.8 Å². The Hall–Kier alpha value is -3.11. The number of aromatic nitrogens is 2. The molecule has 0 amide bonds. The van der Waals surface area contributed by atoms with Crippen molar-refractivity contribution in [1.82, 2.24) is 9.97 Å². The van der Waals surface area contributed by atoms with Gasteiger partial charge < -0.3 is 10.1 Å². The number of rotatable bonds is 6. The minimum absolute atomic E-state index is 0.186. The molecule has 4 rings (SSSR count). The van der Waals surface area contributed by atoms with E-state index < -0.39 is 4.75 Å². The van der Waals surface area contributed by atoms with Crippen LogP contribution in [0, 0.1) is 11.3 Å². The van der Waals surface area contributed by atoms with Gasteiger partial charge in [0.1, 0.15) is 10.6 Å². The summed E-state index contributed by atoms with van der Waals surface area (Å²) in [6.07, 6.45) is 2.53. The lowest BCUT2D eigenvalue weighted by molar-refractivity contribution is -0.148. The molecule has 6 nitrogen and oxygen atoms in total. The minimum atomic E-state index is -0.593. The number of ether oxygens (including phenoxy) is 1. The first-order chi connectivity index (χ1) is 14.1. The Kier molecular flexibility index (Phi) is 5.36. The molecule has 3 aromatic rings. The normalized spacial score (nSPS) is 14.6. The first-order valence-electron chi connectivity index (χ1n) is 9.54. The summed E-state index contributed by atoms with van der Waals surface area (Å²) in [4.78, 5) is 21.9. The quantitative estimate of drug-likeness (QED) is 0.465. The fraction of sp³-hybridized carbons (Fsp3) is 0.273. The van der Waals surface area contributed by atoms with E-state index in [0.717, 1.165) is 35.9 Å². The molecule has 7 heteroatoms. The number of carbonyl (C=O) groups is 1. The molecule has 0 bridgehead atoms. The largest absolute Gasteiger partial charge is 0.465 e. The SMILES string of the molecule is CCOC(=O)C1(Sc2nc(Nc3ccc(C#N)cc3)c3ccccc3n2)CCC1. The molecule has 0 atom stereocenters. The van der Waals surface area contributed by atoms with Crippen LogP contribution in [0.25, 0.3) is 10.9 Å². The zero-order valence-electron chi connectivity index (χ0n) is 16.0. The average molecular weight is 404 g/mol. The van der Waals surface area contributed by atoms with Crippen molar-refractivity contribution in [3.05, 3.63) is 54.1 Å². The van der Waals surface area contributed by atoms with E-state index in [4.69, 9.17) is 15.0 Å². The lowest BCUT2D eigenvalue weighted by Gasteiger charge is -2.37. The predicted molar refractivity (Wildman–Crippen MR) is 113 cm³/mol. The first kappa shape index (κ1) is 19.2. The van der Waals surface area contributed by atoms with Crippen molar-refractivity contribution in [2.24, 2.45) is 0 Å². The van der Waals surface area contributed by atoms with Gasteiger partial charge in [0.15, 0.2) is 5.16 Å². The van der Waals surface area contributed by atoms with E-state index in [1.54, 1.807) is 12.1 Å². The number of benzene rings is 2. The van der Waals surface area contributed by atoms with Crippen LogP contribution in [-0.2, 0) is 9.53 Å². The third kappa shape index (κ3) is 3.89. The van der Waals surface area contributed by atoms with Gasteiger partial charge in [-0.3, -0.25) is 4.79 Å². The van der Waals surface area contributed by atoms with Crippen LogP contribution in [0.2, 0.25) is 0 Å². The Labute approximate surface area is 173 Å². The predicted octanol–water partition coefficient (Wildman–Crippen LogP) is 4.82. The van der Waals surface area contributed by atoms with E-state index in [1.165, 1.54) is 11.8 Å². The standard InChI is InChI=1S/C22H20N4O2S/c1-2-28-20(27)22(12-5-13-22)29-21-25-18-7-4-3-6-17(18)19(26-21)24-16-10-8-15(14-23)9-11-16/h3-4,6-11H,2,5,12-13H2,1H3,(H,24,25,26). The number of hydrogen-bond acceptors (Lipinski definition) is 7. The Morgan fingerprint density at radius 2 is 1.97 bits per heavy atom. The molecule has 29 heavy (non-hydrogen) atoms. The molecule has 0 radical (unpaired) electrons. The fourth-order valence-electron chi connectivity index (χ4n) is 3.24. The highest BCUT2D eigenvalue weighted by Gasteiger charge is 2.47. The molecule has 1 fully saturated rings. The van der Waals surface area contributed by atoms with Crippen molar-refractivity contribution in [2.45, 2.75) is 36.1 Å². The lowest BCUT2D eigenvalue weighted by atomic mass is 9.84. The molecule has 0 saturated heterocycles. The van der Waals surface area contributed by atoms with Gasteiger partial charge in [-0.05, 0) is 62.6 Å². The topological polar surface area (TPSA) is 87.9 Å². The molecule has 1 N–H and O–H groups in total. The summed E-state index contributed by atoms with van der Waals surface area (Å²) in [5.41, 5.74) is 2.23. The molecule has 1 aliphatic carbocycles. The highest BCUT2D eigenvalue weighted by atomic mass is 32.2. The van der Waals surface area contributed by atoms with Crippen LogP contribution in [0.3, 0.4) is 0 Å². The van der Waals surface area contributed by atoms with Crippen LogP contribution in [0.15, 0.2) is 53.7 Å². The van der Waals surface area contributed by atoms with Crippen molar-refractivity contribution in [2.75, 3.05) is 11.9 Å². The molecule has 1 heterocycles. The third-order valence-electron chi connectivity index (χ3n) is 4.95. The van der Waals surface area contributed by atoms with E-state index in [1.807, 2.05) is 43.3 Å². The maximum absolute atomic E-state index is 12.5. The molecule has 1 aromatic heterocycles. The molecular formula is C22H20N4O2S. The van der Waals surface area contributed by atoms with Gasteiger partial charge in [0.2, 0.25) is 0 Å². The van der Waals surface area contributed by atoms with Gasteiger partial charge in [0, 0.05) is 11.1 Å². The van der Waals surface area contributed by atoms with Crippen molar-refractivity contribution < 1.29 is 9.53 Å². The molecule has 0 spiro atoms. The Morgan fingerprint density at radius 3 is 2.62 bits per heavy atom. The van der Waals surface area contributed by atoms with Gasteiger partial charge in [-0.2, -0.15) is 5.26 Å². The van der Waals surface area contributed by atoms with Gasteiger partial charge >= 0.3 is 5.97 Å². The highest BCUT2D eigenvalue weighted by Crippen LogP contribution is 2.48. The third-order valence-corrected chi connectivity index (χ3v) is 6.29. The number of esters is 1. The zero-order valence-corrected chi connectivity index (χ0v) is 16.8. The minimum Gasteiger partial charge on any atom is -0.465 e. The average Bonchev–Trinajstić information content (AvgIpc) is 2.71. The summed E-state index contributed by atoms with van der Waals surface area (Å²) in [6.45, 7) is 2.19. The molecular weight excluding hydrogens is 384 g/mol. The van der Waals surface area contributed by atoms with E-state index in [-0.39, 0.29) is 5.97 Å². The van der Waals surface area contributed by atoms with Crippen molar-refractivity contribution >= 4 is 40.1 Å². The Morgan fingerprint density at radius 1 is 1.21 bits per heavy atom. The summed E-state index contributed by atoms with van der Waals surface area (Å²) >= 11 is 1.39. The van der Waals surface area contributed by atoms with Gasteiger partial charge in [-0.15, -0.1) is 0 Å². The van der Waals surface area contributed by atoms with Crippen LogP contribution in [0.1, 0.15) is 31.7 Å². The number of nitriles is 1. The van der Waals surface area contributed by atoms with Gasteiger partial charge in [-0.1, -0.05) is 23.9 Å². The van der Waals surface area contributed by atoms with E-state index in [0.29, 0.717) is 23.1 Å². The van der Waals surface area contributed by atoms with E-state index >= 15 is 0 Å². The van der Waals surface area contributed by atoms with Crippen molar-refractivity contribution in [3.63, 3.8) is 0 Å². The second-order valence-corrected chi connectivity index (χ2v) is 8.21. The van der Waals surface area contributed by atoms with E-state index in [9.17, 15) is 4.79 Å². The number of para-hydroxylation sites is 1. The number of nitrogens with one attached hydrogen (secondary N) is 1. The van der Waals surface area contributed by atoms with Crippen LogP contribution in [0.5, 0.6) is 0 Å². The zero-order chi connectivity index (χ0) is 20.3. The first-order valence-corrected chi connectivity index (χ1v) is 10.4. The van der Waals surface area contributed by atoms with Crippen LogP contribution in [-0.4, -0.2) is 27.3 Å². The summed E-state index contributed by atoms with van der Waals surface area (Å²) in [6, 6.07) is 17.1. The van der Waals surface area contributed by atoms with Crippen molar-refractivity contribution in [3.8, 4) is 6.07 Å². The number of anilines is 2. The number of hydrogen-bond donors (Lipinski definition) is 1. The van der Waals surface area contributed by atoms with Crippen molar-refractivity contribution in [1.29, 1.82) is 5.26 Å². The maximum atomic E-state index is 12.5. The van der Waals surface area contributed by atoms with E-state index in [2.05, 4.69) is 16.4 Å². The number of nitrogens with zero attached hydrogens (tertiary/aromatic N) is 3. The lowest BCUT2D eigenvalue weighted by Crippen LogP contribution is -2.43. The summed E-state index contributed by atoms with van der Waals surface area (Å²) < 4.78 is 4.71. The number of fused-ring (bicyclic) bond motifs is 1. The molecule has 1 aliphatic rings. The summed E-state index contributed by atoms with van der Waals surface area (Å²) in [7, 11) is 0. The monoisotopic (exact) mass is 404 g/mol.